The smallest absolute Gasteiger partial charge is 0.238 e. The average molecular weight is 312 g/mol. The van der Waals surface area contributed by atoms with Crippen LogP contribution < -0.4 is 5.14 Å². The molecule has 0 atom stereocenters. The number of H-pyrrole nitrogens is 1. The molecule has 0 aliphatic rings. The Morgan fingerprint density at radius 1 is 0.909 bits per heavy atom. The Morgan fingerprint density at radius 2 is 1.55 bits per heavy atom. The van der Waals surface area contributed by atoms with Crippen LogP contribution in [0.25, 0.3) is 22.4 Å². The SMILES string of the molecule is Cc1c[nH]c(-c2ccccc2)c1-c1ccc(S(N)(=O)=O)cc1. The maximum absolute atomic E-state index is 11.4. The third-order valence-corrected chi connectivity index (χ3v) is 4.54. The number of aromatic nitrogens is 1. The predicted molar refractivity (Wildman–Crippen MR) is 87.8 cm³/mol. The van der Waals surface area contributed by atoms with Crippen LogP contribution in [-0.2, 0) is 10.0 Å². The lowest BCUT2D eigenvalue weighted by Crippen LogP contribution is -2.11. The minimum absolute atomic E-state index is 0.116. The summed E-state index contributed by atoms with van der Waals surface area (Å²) in [6.07, 6.45) is 1.95. The number of aromatic amines is 1. The van der Waals surface area contributed by atoms with Gasteiger partial charge in [-0.25, -0.2) is 13.6 Å². The Kier molecular flexibility index (Phi) is 3.60. The summed E-state index contributed by atoms with van der Waals surface area (Å²) < 4.78 is 22.7. The van der Waals surface area contributed by atoms with Gasteiger partial charge in [0.1, 0.15) is 0 Å². The molecule has 0 fully saturated rings. The molecular formula is C17H16N2O2S. The van der Waals surface area contributed by atoms with E-state index in [1.165, 1.54) is 12.1 Å². The second-order valence-corrected chi connectivity index (χ2v) is 6.72. The van der Waals surface area contributed by atoms with Crippen molar-refractivity contribution in [1.82, 2.24) is 4.98 Å². The van der Waals surface area contributed by atoms with E-state index in [-0.39, 0.29) is 4.90 Å². The van der Waals surface area contributed by atoms with Gasteiger partial charge in [0, 0.05) is 11.8 Å². The van der Waals surface area contributed by atoms with Crippen LogP contribution in [0.1, 0.15) is 5.56 Å². The molecule has 0 radical (unpaired) electrons. The molecule has 3 N–H and O–H groups in total. The number of primary sulfonamides is 1. The molecule has 0 bridgehead atoms. The second-order valence-electron chi connectivity index (χ2n) is 5.16. The number of sulfonamides is 1. The van der Waals surface area contributed by atoms with Crippen LogP contribution in [0.2, 0.25) is 0 Å². The molecule has 1 aromatic heterocycles. The van der Waals surface area contributed by atoms with E-state index in [1.807, 2.05) is 43.5 Å². The lowest BCUT2D eigenvalue weighted by atomic mass is 9.98. The summed E-state index contributed by atoms with van der Waals surface area (Å²) >= 11 is 0. The van der Waals surface area contributed by atoms with Crippen molar-refractivity contribution in [1.29, 1.82) is 0 Å². The summed E-state index contributed by atoms with van der Waals surface area (Å²) in [7, 11) is -3.67. The average Bonchev–Trinajstić information content (AvgIpc) is 2.89. The predicted octanol–water partition coefficient (Wildman–Crippen LogP) is 3.30. The van der Waals surface area contributed by atoms with Crippen molar-refractivity contribution < 1.29 is 8.42 Å². The minimum Gasteiger partial charge on any atom is -0.360 e. The van der Waals surface area contributed by atoms with Gasteiger partial charge < -0.3 is 4.98 Å². The molecule has 3 rings (SSSR count). The van der Waals surface area contributed by atoms with Crippen LogP contribution in [0.15, 0.2) is 65.7 Å². The van der Waals surface area contributed by atoms with Crippen LogP contribution >= 0.6 is 0 Å². The van der Waals surface area contributed by atoms with Crippen LogP contribution in [0, 0.1) is 6.92 Å². The number of aryl methyl sites for hydroxylation is 1. The van der Waals surface area contributed by atoms with E-state index < -0.39 is 10.0 Å². The molecule has 0 amide bonds. The van der Waals surface area contributed by atoms with Gasteiger partial charge >= 0.3 is 0 Å². The Bertz CT molecular complexity index is 896. The molecule has 2 aromatic carbocycles. The minimum atomic E-state index is -3.67. The Hall–Kier alpha value is -2.37. The van der Waals surface area contributed by atoms with Gasteiger partial charge in [0.2, 0.25) is 10.0 Å². The van der Waals surface area contributed by atoms with Crippen molar-refractivity contribution >= 4 is 10.0 Å². The van der Waals surface area contributed by atoms with Gasteiger partial charge in [0.05, 0.1) is 10.6 Å². The first-order valence-electron chi connectivity index (χ1n) is 6.83. The zero-order valence-electron chi connectivity index (χ0n) is 12.1. The first-order chi connectivity index (χ1) is 10.5. The maximum atomic E-state index is 11.4. The molecule has 5 heteroatoms. The number of nitrogens with two attached hydrogens (primary N) is 1. The van der Waals surface area contributed by atoms with Gasteiger partial charge in [-0.05, 0) is 35.7 Å². The number of rotatable bonds is 3. The highest BCUT2D eigenvalue weighted by atomic mass is 32.2. The van der Waals surface area contributed by atoms with E-state index in [2.05, 4.69) is 4.98 Å². The van der Waals surface area contributed by atoms with E-state index in [0.717, 1.165) is 27.9 Å². The first-order valence-corrected chi connectivity index (χ1v) is 8.38. The third-order valence-electron chi connectivity index (χ3n) is 3.61. The molecule has 0 aliphatic carbocycles. The summed E-state index contributed by atoms with van der Waals surface area (Å²) in [6, 6.07) is 16.6. The molecule has 112 valence electrons. The molecule has 4 nitrogen and oxygen atoms in total. The summed E-state index contributed by atoms with van der Waals surface area (Å²) in [5.41, 5.74) is 5.21. The number of hydrogen-bond donors (Lipinski definition) is 2. The van der Waals surface area contributed by atoms with E-state index in [4.69, 9.17) is 5.14 Å². The second kappa shape index (κ2) is 5.44. The van der Waals surface area contributed by atoms with Crippen LogP contribution in [0.3, 0.4) is 0 Å². The van der Waals surface area contributed by atoms with Crippen molar-refractivity contribution in [2.45, 2.75) is 11.8 Å². The van der Waals surface area contributed by atoms with Crippen LogP contribution in [0.4, 0.5) is 0 Å². The molecule has 0 spiro atoms. The molecule has 1 heterocycles. The lowest BCUT2D eigenvalue weighted by molar-refractivity contribution is 0.598. The number of nitrogens with one attached hydrogen (secondary N) is 1. The van der Waals surface area contributed by atoms with Crippen molar-refractivity contribution in [2.75, 3.05) is 0 Å². The van der Waals surface area contributed by atoms with Crippen molar-refractivity contribution in [3.05, 3.63) is 66.4 Å². The fourth-order valence-corrected chi connectivity index (χ4v) is 3.05. The van der Waals surface area contributed by atoms with Gasteiger partial charge in [-0.15, -0.1) is 0 Å². The Morgan fingerprint density at radius 3 is 2.14 bits per heavy atom. The molecule has 0 unspecified atom stereocenters. The topological polar surface area (TPSA) is 76.0 Å². The van der Waals surface area contributed by atoms with E-state index in [0.29, 0.717) is 0 Å². The molecule has 3 aromatic rings. The van der Waals surface area contributed by atoms with Crippen molar-refractivity contribution in [3.8, 4) is 22.4 Å². The van der Waals surface area contributed by atoms with Crippen LogP contribution in [0.5, 0.6) is 0 Å². The quantitative estimate of drug-likeness (QED) is 0.778. The summed E-state index contributed by atoms with van der Waals surface area (Å²) in [4.78, 5) is 3.41. The summed E-state index contributed by atoms with van der Waals surface area (Å²) in [5, 5.41) is 5.14. The fraction of sp³-hybridized carbons (Fsp3) is 0.0588. The highest BCUT2D eigenvalue weighted by Gasteiger charge is 2.13. The van der Waals surface area contributed by atoms with Crippen molar-refractivity contribution in [2.24, 2.45) is 5.14 Å². The zero-order valence-corrected chi connectivity index (χ0v) is 12.9. The van der Waals surface area contributed by atoms with Crippen LogP contribution in [-0.4, -0.2) is 13.4 Å². The summed E-state index contributed by atoms with van der Waals surface area (Å²) in [6.45, 7) is 2.02. The normalized spacial score (nSPS) is 11.5. The van der Waals surface area contributed by atoms with Gasteiger partial charge in [-0.2, -0.15) is 0 Å². The van der Waals surface area contributed by atoms with Gasteiger partial charge in [0.15, 0.2) is 0 Å². The maximum Gasteiger partial charge on any atom is 0.238 e. The monoisotopic (exact) mass is 312 g/mol. The Balaban J connectivity index is 2.12. The van der Waals surface area contributed by atoms with E-state index in [1.54, 1.807) is 12.1 Å². The standard InChI is InChI=1S/C17H16N2O2S/c1-12-11-19-17(14-5-3-2-4-6-14)16(12)13-7-9-15(10-8-13)22(18,20)21/h2-11,19H,1H3,(H2,18,20,21). The Labute approximate surface area is 129 Å². The fourth-order valence-electron chi connectivity index (χ4n) is 2.54. The van der Waals surface area contributed by atoms with E-state index in [9.17, 15) is 8.42 Å². The largest absolute Gasteiger partial charge is 0.360 e. The molecule has 0 aliphatic heterocycles. The third kappa shape index (κ3) is 2.68. The van der Waals surface area contributed by atoms with E-state index >= 15 is 0 Å². The molecular weight excluding hydrogens is 296 g/mol. The highest BCUT2D eigenvalue weighted by molar-refractivity contribution is 7.89. The molecule has 0 saturated heterocycles. The van der Waals surface area contributed by atoms with Gasteiger partial charge in [-0.1, -0.05) is 42.5 Å². The molecule has 0 saturated carbocycles. The number of benzene rings is 2. The molecule has 22 heavy (non-hydrogen) atoms. The zero-order chi connectivity index (χ0) is 15.7. The first kappa shape index (κ1) is 14.6. The van der Waals surface area contributed by atoms with Crippen molar-refractivity contribution in [3.63, 3.8) is 0 Å². The van der Waals surface area contributed by atoms with Gasteiger partial charge in [-0.3, -0.25) is 0 Å². The van der Waals surface area contributed by atoms with Gasteiger partial charge in [0.25, 0.3) is 0 Å². The lowest BCUT2D eigenvalue weighted by Gasteiger charge is -2.07. The number of hydrogen-bond acceptors (Lipinski definition) is 2. The highest BCUT2D eigenvalue weighted by Crippen LogP contribution is 2.34. The summed E-state index contributed by atoms with van der Waals surface area (Å²) in [5.74, 6) is 0.